The van der Waals surface area contributed by atoms with Gasteiger partial charge >= 0.3 is 0 Å². The Labute approximate surface area is 97.6 Å². The summed E-state index contributed by atoms with van der Waals surface area (Å²) in [5, 5.41) is 12.4. The average Bonchev–Trinajstić information content (AvgIpc) is 3.00. The minimum Gasteiger partial charge on any atom is -0.380 e. The number of ether oxygens (including phenoxy) is 1. The summed E-state index contributed by atoms with van der Waals surface area (Å²) in [6, 6.07) is 3.01. The fourth-order valence-corrected chi connectivity index (χ4v) is 2.22. The Kier molecular flexibility index (Phi) is 4.16. The molecule has 2 fully saturated rings. The second-order valence-corrected chi connectivity index (χ2v) is 4.86. The van der Waals surface area contributed by atoms with Crippen molar-refractivity contribution in [2.24, 2.45) is 0 Å². The van der Waals surface area contributed by atoms with Crippen molar-refractivity contribution in [3.05, 3.63) is 0 Å². The van der Waals surface area contributed by atoms with Crippen LogP contribution in [0.5, 0.6) is 0 Å². The highest BCUT2D eigenvalue weighted by Crippen LogP contribution is 2.20. The van der Waals surface area contributed by atoms with E-state index in [4.69, 9.17) is 10.00 Å². The van der Waals surface area contributed by atoms with E-state index in [2.05, 4.69) is 16.3 Å². The quantitative estimate of drug-likeness (QED) is 0.721. The van der Waals surface area contributed by atoms with Crippen LogP contribution in [0.1, 0.15) is 25.7 Å². The normalized spacial score (nSPS) is 27.9. The third-order valence-electron chi connectivity index (χ3n) is 3.47. The molecule has 2 rings (SSSR count). The summed E-state index contributed by atoms with van der Waals surface area (Å²) in [5.74, 6) is 0. The van der Waals surface area contributed by atoms with Crippen LogP contribution in [0, 0.1) is 11.3 Å². The van der Waals surface area contributed by atoms with Gasteiger partial charge in [-0.1, -0.05) is 0 Å². The van der Waals surface area contributed by atoms with E-state index in [9.17, 15) is 0 Å². The monoisotopic (exact) mass is 223 g/mol. The zero-order valence-corrected chi connectivity index (χ0v) is 9.98. The first-order chi connectivity index (χ1) is 7.81. The van der Waals surface area contributed by atoms with Gasteiger partial charge in [0.2, 0.25) is 0 Å². The highest BCUT2D eigenvalue weighted by atomic mass is 16.5. The van der Waals surface area contributed by atoms with E-state index < -0.39 is 0 Å². The third kappa shape index (κ3) is 3.44. The second kappa shape index (κ2) is 5.62. The third-order valence-corrected chi connectivity index (χ3v) is 3.47. The molecular formula is C12H21N3O. The Morgan fingerprint density at radius 2 is 2.31 bits per heavy atom. The van der Waals surface area contributed by atoms with E-state index >= 15 is 0 Å². The maximum absolute atomic E-state index is 9.02. The SMILES string of the molecule is COC1CCN(CCC(C#N)NC2CC2)C1. The van der Waals surface area contributed by atoms with Gasteiger partial charge in [-0.2, -0.15) is 5.26 Å². The lowest BCUT2D eigenvalue weighted by molar-refractivity contribution is 0.108. The zero-order chi connectivity index (χ0) is 11.4. The highest BCUT2D eigenvalue weighted by Gasteiger charge is 2.26. The van der Waals surface area contributed by atoms with Crippen molar-refractivity contribution in [2.75, 3.05) is 26.7 Å². The maximum atomic E-state index is 9.02. The molecule has 1 saturated heterocycles. The van der Waals surface area contributed by atoms with E-state index in [-0.39, 0.29) is 6.04 Å². The van der Waals surface area contributed by atoms with Crippen LogP contribution < -0.4 is 5.32 Å². The molecule has 2 aliphatic rings. The van der Waals surface area contributed by atoms with E-state index in [1.165, 1.54) is 12.8 Å². The summed E-state index contributed by atoms with van der Waals surface area (Å²) in [6.45, 7) is 3.15. The molecule has 1 N–H and O–H groups in total. The fourth-order valence-electron chi connectivity index (χ4n) is 2.22. The molecule has 1 saturated carbocycles. The van der Waals surface area contributed by atoms with Gasteiger partial charge in [-0.3, -0.25) is 5.32 Å². The van der Waals surface area contributed by atoms with Crippen LogP contribution in [0.3, 0.4) is 0 Å². The van der Waals surface area contributed by atoms with Crippen molar-refractivity contribution < 1.29 is 4.74 Å². The molecule has 2 unspecified atom stereocenters. The molecule has 4 nitrogen and oxygen atoms in total. The van der Waals surface area contributed by atoms with E-state index in [0.29, 0.717) is 12.1 Å². The van der Waals surface area contributed by atoms with Gasteiger partial charge in [-0.05, 0) is 25.7 Å². The van der Waals surface area contributed by atoms with Crippen molar-refractivity contribution in [1.82, 2.24) is 10.2 Å². The standard InChI is InChI=1S/C12H21N3O/c1-16-12-5-7-15(9-12)6-4-11(8-13)14-10-2-3-10/h10-12,14H,2-7,9H2,1H3. The summed E-state index contributed by atoms with van der Waals surface area (Å²) in [5.41, 5.74) is 0. The first-order valence-corrected chi connectivity index (χ1v) is 6.22. The van der Waals surface area contributed by atoms with Crippen LogP contribution in [0.25, 0.3) is 0 Å². The van der Waals surface area contributed by atoms with Crippen LogP contribution in [-0.4, -0.2) is 49.8 Å². The number of nitrogens with one attached hydrogen (secondary N) is 1. The molecular weight excluding hydrogens is 202 g/mol. The summed E-state index contributed by atoms with van der Waals surface area (Å²) in [6.07, 6.45) is 4.95. The van der Waals surface area contributed by atoms with Gasteiger partial charge in [-0.15, -0.1) is 0 Å². The lowest BCUT2D eigenvalue weighted by atomic mass is 10.2. The molecule has 1 heterocycles. The highest BCUT2D eigenvalue weighted by molar-refractivity contribution is 4.96. The average molecular weight is 223 g/mol. The molecule has 1 aliphatic heterocycles. The van der Waals surface area contributed by atoms with Crippen molar-refractivity contribution >= 4 is 0 Å². The van der Waals surface area contributed by atoms with Crippen LogP contribution in [0.15, 0.2) is 0 Å². The van der Waals surface area contributed by atoms with Gasteiger partial charge in [0.15, 0.2) is 0 Å². The van der Waals surface area contributed by atoms with Gasteiger partial charge in [0.25, 0.3) is 0 Å². The second-order valence-electron chi connectivity index (χ2n) is 4.86. The largest absolute Gasteiger partial charge is 0.380 e. The van der Waals surface area contributed by atoms with Crippen LogP contribution in [0.2, 0.25) is 0 Å². The predicted octanol–water partition coefficient (Wildman–Crippen LogP) is 0.741. The van der Waals surface area contributed by atoms with Gasteiger partial charge in [0.05, 0.1) is 18.2 Å². The van der Waals surface area contributed by atoms with E-state index in [1.807, 2.05) is 0 Å². The molecule has 0 aromatic rings. The molecule has 0 radical (unpaired) electrons. The number of nitrogens with zero attached hydrogens (tertiary/aromatic N) is 2. The van der Waals surface area contributed by atoms with Crippen LogP contribution in [-0.2, 0) is 4.74 Å². The Balaban J connectivity index is 1.64. The van der Waals surface area contributed by atoms with Gasteiger partial charge in [0, 0.05) is 32.8 Å². The number of hydrogen-bond donors (Lipinski definition) is 1. The fraction of sp³-hybridized carbons (Fsp3) is 0.917. The molecule has 16 heavy (non-hydrogen) atoms. The first kappa shape index (κ1) is 11.8. The number of rotatable bonds is 6. The summed E-state index contributed by atoms with van der Waals surface area (Å²) in [7, 11) is 1.78. The summed E-state index contributed by atoms with van der Waals surface area (Å²) < 4.78 is 5.33. The zero-order valence-electron chi connectivity index (χ0n) is 9.98. The predicted molar refractivity (Wildman–Crippen MR) is 62.0 cm³/mol. The Morgan fingerprint density at radius 1 is 1.50 bits per heavy atom. The lowest BCUT2D eigenvalue weighted by Crippen LogP contribution is -2.34. The van der Waals surface area contributed by atoms with Gasteiger partial charge in [0.1, 0.15) is 0 Å². The number of likely N-dealkylation sites (tertiary alicyclic amines) is 1. The van der Waals surface area contributed by atoms with Crippen LogP contribution >= 0.6 is 0 Å². The van der Waals surface area contributed by atoms with Crippen molar-refractivity contribution in [1.29, 1.82) is 5.26 Å². The van der Waals surface area contributed by atoms with E-state index in [1.54, 1.807) is 7.11 Å². The molecule has 1 aliphatic carbocycles. The van der Waals surface area contributed by atoms with Gasteiger partial charge < -0.3 is 9.64 Å². The summed E-state index contributed by atoms with van der Waals surface area (Å²) in [4.78, 5) is 2.40. The topological polar surface area (TPSA) is 48.3 Å². The number of nitriles is 1. The minimum absolute atomic E-state index is 0.0362. The first-order valence-electron chi connectivity index (χ1n) is 6.22. The Morgan fingerprint density at radius 3 is 2.88 bits per heavy atom. The lowest BCUT2D eigenvalue weighted by Gasteiger charge is -2.18. The molecule has 2 atom stereocenters. The molecule has 0 bridgehead atoms. The van der Waals surface area contributed by atoms with E-state index in [0.717, 1.165) is 32.5 Å². The molecule has 4 heteroatoms. The van der Waals surface area contributed by atoms with Crippen molar-refractivity contribution in [3.8, 4) is 6.07 Å². The molecule has 90 valence electrons. The Bertz CT molecular complexity index is 259. The number of methoxy groups -OCH3 is 1. The Hall–Kier alpha value is -0.630. The van der Waals surface area contributed by atoms with Gasteiger partial charge in [-0.25, -0.2) is 0 Å². The van der Waals surface area contributed by atoms with Crippen LogP contribution in [0.4, 0.5) is 0 Å². The minimum atomic E-state index is 0.0362. The molecule has 0 amide bonds. The smallest absolute Gasteiger partial charge is 0.0967 e. The molecule has 0 aromatic heterocycles. The molecule has 0 aromatic carbocycles. The molecule has 0 spiro atoms. The van der Waals surface area contributed by atoms with Crippen molar-refractivity contribution in [3.63, 3.8) is 0 Å². The summed E-state index contributed by atoms with van der Waals surface area (Å²) >= 11 is 0. The number of hydrogen-bond acceptors (Lipinski definition) is 4. The maximum Gasteiger partial charge on any atom is 0.0967 e. The van der Waals surface area contributed by atoms with Crippen molar-refractivity contribution in [2.45, 2.75) is 43.9 Å².